The highest BCUT2D eigenvalue weighted by atomic mass is 35.5. The smallest absolute Gasteiger partial charge is 0.248 e. The number of nitrogens with one attached hydrogen (secondary N) is 1. The molecule has 6 heteroatoms. The average Bonchev–Trinajstić information content (AvgIpc) is 2.64. The van der Waals surface area contributed by atoms with Gasteiger partial charge in [-0.3, -0.25) is 14.7 Å². The van der Waals surface area contributed by atoms with Gasteiger partial charge in [0.05, 0.1) is 18.2 Å². The quantitative estimate of drug-likeness (QED) is 0.817. The molecule has 1 aromatic heterocycles. The zero-order valence-electron chi connectivity index (χ0n) is 14.7. The monoisotopic (exact) mass is 371 g/mol. The van der Waals surface area contributed by atoms with Crippen molar-refractivity contribution in [3.05, 3.63) is 64.4 Å². The molecule has 1 N–H and O–H groups in total. The Bertz CT molecular complexity index is 801. The first-order chi connectivity index (χ1) is 12.6. The van der Waals surface area contributed by atoms with Crippen molar-refractivity contribution in [2.45, 2.75) is 13.5 Å². The Labute approximate surface area is 158 Å². The SMILES string of the molecule is Cc1cc(NC(=O)C=Cc2cnccc2Cl)ccc1CN1CCOCC1. The van der Waals surface area contributed by atoms with Gasteiger partial charge < -0.3 is 10.1 Å². The molecule has 1 aromatic carbocycles. The van der Waals surface area contributed by atoms with Crippen LogP contribution < -0.4 is 5.32 Å². The first-order valence-electron chi connectivity index (χ1n) is 8.60. The van der Waals surface area contributed by atoms with Crippen LogP contribution in [0.1, 0.15) is 16.7 Å². The lowest BCUT2D eigenvalue weighted by molar-refractivity contribution is -0.111. The van der Waals surface area contributed by atoms with Crippen molar-refractivity contribution < 1.29 is 9.53 Å². The molecule has 0 spiro atoms. The number of aryl methyl sites for hydroxylation is 1. The third-order valence-electron chi connectivity index (χ3n) is 4.32. The highest BCUT2D eigenvalue weighted by molar-refractivity contribution is 6.32. The predicted octanol–water partition coefficient (Wildman–Crippen LogP) is 3.53. The molecular weight excluding hydrogens is 350 g/mol. The van der Waals surface area contributed by atoms with E-state index >= 15 is 0 Å². The lowest BCUT2D eigenvalue weighted by Gasteiger charge is -2.27. The molecule has 1 aliphatic heterocycles. The number of carbonyl (C=O) groups excluding carboxylic acids is 1. The molecular formula is C20H22ClN3O2. The number of hydrogen-bond acceptors (Lipinski definition) is 4. The van der Waals surface area contributed by atoms with E-state index in [4.69, 9.17) is 16.3 Å². The number of hydrogen-bond donors (Lipinski definition) is 1. The average molecular weight is 372 g/mol. The third-order valence-corrected chi connectivity index (χ3v) is 4.66. The Kier molecular flexibility index (Phi) is 6.39. The Balaban J connectivity index is 1.60. The highest BCUT2D eigenvalue weighted by Crippen LogP contribution is 2.18. The standard InChI is InChI=1S/C20H22ClN3O2/c1-15-12-18(4-2-17(15)14-24-8-10-26-11-9-24)23-20(25)5-3-16-13-22-7-6-19(16)21/h2-7,12-13H,8-11,14H2,1H3,(H,23,25). The van der Waals surface area contributed by atoms with E-state index in [-0.39, 0.29) is 5.91 Å². The van der Waals surface area contributed by atoms with E-state index in [1.165, 1.54) is 11.6 Å². The number of ether oxygens (including phenoxy) is 1. The maximum atomic E-state index is 12.1. The van der Waals surface area contributed by atoms with E-state index in [9.17, 15) is 4.79 Å². The third kappa shape index (κ3) is 5.14. The molecule has 2 heterocycles. The van der Waals surface area contributed by atoms with Crippen LogP contribution in [0.2, 0.25) is 5.02 Å². The number of amides is 1. The van der Waals surface area contributed by atoms with Crippen LogP contribution in [0.4, 0.5) is 5.69 Å². The summed E-state index contributed by atoms with van der Waals surface area (Å²) in [6, 6.07) is 7.70. The minimum atomic E-state index is -0.203. The summed E-state index contributed by atoms with van der Waals surface area (Å²) >= 11 is 6.05. The van der Waals surface area contributed by atoms with Crippen molar-refractivity contribution >= 4 is 29.3 Å². The van der Waals surface area contributed by atoms with Crippen LogP contribution in [-0.4, -0.2) is 42.1 Å². The van der Waals surface area contributed by atoms with Gasteiger partial charge in [0.25, 0.3) is 0 Å². The number of aromatic nitrogens is 1. The van der Waals surface area contributed by atoms with Gasteiger partial charge in [-0.15, -0.1) is 0 Å². The molecule has 1 saturated heterocycles. The second-order valence-electron chi connectivity index (χ2n) is 6.25. The zero-order chi connectivity index (χ0) is 18.4. The largest absolute Gasteiger partial charge is 0.379 e. The van der Waals surface area contributed by atoms with E-state index < -0.39 is 0 Å². The fourth-order valence-corrected chi connectivity index (χ4v) is 2.98. The van der Waals surface area contributed by atoms with Gasteiger partial charge in [-0.25, -0.2) is 0 Å². The summed E-state index contributed by atoms with van der Waals surface area (Å²) in [5.74, 6) is -0.203. The number of halogens is 1. The van der Waals surface area contributed by atoms with Crippen LogP contribution in [0.3, 0.4) is 0 Å². The Hall–Kier alpha value is -2.21. The molecule has 1 fully saturated rings. The summed E-state index contributed by atoms with van der Waals surface area (Å²) < 4.78 is 5.39. The number of morpholine rings is 1. The molecule has 26 heavy (non-hydrogen) atoms. The number of carbonyl (C=O) groups is 1. The number of pyridine rings is 1. The van der Waals surface area contributed by atoms with Crippen LogP contribution in [0, 0.1) is 6.92 Å². The minimum absolute atomic E-state index is 0.203. The van der Waals surface area contributed by atoms with Gasteiger partial charge >= 0.3 is 0 Å². The summed E-state index contributed by atoms with van der Waals surface area (Å²) in [4.78, 5) is 18.5. The minimum Gasteiger partial charge on any atom is -0.379 e. The van der Waals surface area contributed by atoms with Crippen LogP contribution in [-0.2, 0) is 16.1 Å². The van der Waals surface area contributed by atoms with Gasteiger partial charge in [-0.05, 0) is 42.3 Å². The van der Waals surface area contributed by atoms with Crippen molar-refractivity contribution in [2.75, 3.05) is 31.6 Å². The second-order valence-corrected chi connectivity index (χ2v) is 6.66. The van der Waals surface area contributed by atoms with Gasteiger partial charge in [0.2, 0.25) is 5.91 Å². The van der Waals surface area contributed by atoms with Gasteiger partial charge in [-0.2, -0.15) is 0 Å². The molecule has 0 aliphatic carbocycles. The molecule has 0 unspecified atom stereocenters. The first kappa shape index (κ1) is 18.6. The molecule has 3 rings (SSSR count). The fourth-order valence-electron chi connectivity index (χ4n) is 2.81. The van der Waals surface area contributed by atoms with Crippen molar-refractivity contribution in [2.24, 2.45) is 0 Å². The van der Waals surface area contributed by atoms with Crippen LogP contribution >= 0.6 is 11.6 Å². The highest BCUT2D eigenvalue weighted by Gasteiger charge is 2.12. The normalized spacial score (nSPS) is 15.3. The summed E-state index contributed by atoms with van der Waals surface area (Å²) in [6.45, 7) is 6.47. The van der Waals surface area contributed by atoms with Crippen molar-refractivity contribution in [1.29, 1.82) is 0 Å². The van der Waals surface area contributed by atoms with Crippen LogP contribution in [0.5, 0.6) is 0 Å². The lowest BCUT2D eigenvalue weighted by Crippen LogP contribution is -2.35. The summed E-state index contributed by atoms with van der Waals surface area (Å²) in [7, 11) is 0. The fraction of sp³-hybridized carbons (Fsp3) is 0.300. The van der Waals surface area contributed by atoms with E-state index in [1.807, 2.05) is 12.1 Å². The van der Waals surface area contributed by atoms with E-state index in [0.29, 0.717) is 10.6 Å². The Morgan fingerprint density at radius 1 is 1.35 bits per heavy atom. The molecule has 1 aliphatic rings. The molecule has 1 amide bonds. The van der Waals surface area contributed by atoms with Gasteiger partial charge in [-0.1, -0.05) is 17.7 Å². The topological polar surface area (TPSA) is 54.5 Å². The Morgan fingerprint density at radius 2 is 2.15 bits per heavy atom. The number of nitrogens with zero attached hydrogens (tertiary/aromatic N) is 2. The van der Waals surface area contributed by atoms with Gasteiger partial charge in [0.15, 0.2) is 0 Å². The maximum Gasteiger partial charge on any atom is 0.248 e. The molecule has 0 atom stereocenters. The van der Waals surface area contributed by atoms with Crippen molar-refractivity contribution in [3.63, 3.8) is 0 Å². The molecule has 5 nitrogen and oxygen atoms in total. The van der Waals surface area contributed by atoms with Gasteiger partial charge in [0.1, 0.15) is 0 Å². The van der Waals surface area contributed by atoms with Crippen LogP contribution in [0.25, 0.3) is 6.08 Å². The predicted molar refractivity (Wildman–Crippen MR) is 104 cm³/mol. The van der Waals surface area contributed by atoms with Crippen molar-refractivity contribution in [1.82, 2.24) is 9.88 Å². The van der Waals surface area contributed by atoms with Crippen LogP contribution in [0.15, 0.2) is 42.7 Å². The molecule has 0 saturated carbocycles. The summed E-state index contributed by atoms with van der Waals surface area (Å²) in [5, 5.41) is 3.44. The Morgan fingerprint density at radius 3 is 2.88 bits per heavy atom. The molecule has 136 valence electrons. The zero-order valence-corrected chi connectivity index (χ0v) is 15.5. The van der Waals surface area contributed by atoms with E-state index in [0.717, 1.165) is 44.1 Å². The maximum absolute atomic E-state index is 12.1. The van der Waals surface area contributed by atoms with E-state index in [1.54, 1.807) is 24.5 Å². The molecule has 0 radical (unpaired) electrons. The first-order valence-corrected chi connectivity index (χ1v) is 8.98. The number of anilines is 1. The summed E-state index contributed by atoms with van der Waals surface area (Å²) in [6.07, 6.45) is 6.35. The number of benzene rings is 1. The van der Waals surface area contributed by atoms with E-state index in [2.05, 4.69) is 28.2 Å². The summed E-state index contributed by atoms with van der Waals surface area (Å²) in [5.41, 5.74) is 3.91. The molecule has 0 bridgehead atoms. The molecule has 2 aromatic rings. The van der Waals surface area contributed by atoms with Crippen molar-refractivity contribution in [3.8, 4) is 0 Å². The van der Waals surface area contributed by atoms with Gasteiger partial charge in [0, 0.05) is 49.4 Å². The second kappa shape index (κ2) is 8.94. The number of rotatable bonds is 5. The lowest BCUT2D eigenvalue weighted by atomic mass is 10.1.